The van der Waals surface area contributed by atoms with Crippen LogP contribution in [-0.2, 0) is 0 Å². The van der Waals surface area contributed by atoms with Crippen LogP contribution in [-0.4, -0.2) is 15.5 Å². The number of anilines is 1. The van der Waals surface area contributed by atoms with Crippen LogP contribution >= 0.6 is 0 Å². The number of furan rings is 1. The molecule has 0 spiro atoms. The number of carbonyl (C=O) groups is 1. The van der Waals surface area contributed by atoms with Crippen LogP contribution in [0.5, 0.6) is 0 Å². The first-order valence-electron chi connectivity index (χ1n) is 7.19. The van der Waals surface area contributed by atoms with E-state index in [9.17, 15) is 4.79 Å². The molecule has 5 nitrogen and oxygen atoms in total. The van der Waals surface area contributed by atoms with Crippen LogP contribution < -0.4 is 5.32 Å². The van der Waals surface area contributed by atoms with Gasteiger partial charge in [-0.2, -0.15) is 0 Å². The number of para-hydroxylation sites is 1. The minimum absolute atomic E-state index is 0.267. The van der Waals surface area contributed by atoms with Crippen LogP contribution in [0.3, 0.4) is 0 Å². The molecule has 0 fully saturated rings. The molecule has 3 heterocycles. The number of hydrogen-bond donors (Lipinski definition) is 1. The molecule has 3 aromatic heterocycles. The van der Waals surface area contributed by atoms with E-state index >= 15 is 0 Å². The minimum Gasteiger partial charge on any atom is -0.459 e. The highest BCUT2D eigenvalue weighted by Gasteiger charge is 2.12. The summed E-state index contributed by atoms with van der Waals surface area (Å²) in [6.07, 6.45) is 5.33. The van der Waals surface area contributed by atoms with Crippen LogP contribution in [0, 0.1) is 0 Å². The van der Waals surface area contributed by atoms with Gasteiger partial charge in [-0.05, 0) is 42.5 Å². The first kappa shape index (κ1) is 13.3. The Labute approximate surface area is 132 Å². The van der Waals surface area contributed by atoms with Gasteiger partial charge in [0.15, 0.2) is 5.76 Å². The molecule has 0 aliphatic heterocycles. The largest absolute Gasteiger partial charge is 0.459 e. The molecule has 0 saturated heterocycles. The third kappa shape index (κ3) is 2.48. The fourth-order valence-corrected chi connectivity index (χ4v) is 2.46. The van der Waals surface area contributed by atoms with Crippen molar-refractivity contribution in [1.82, 2.24) is 9.55 Å². The zero-order valence-electron chi connectivity index (χ0n) is 12.1. The molecule has 1 amide bonds. The summed E-state index contributed by atoms with van der Waals surface area (Å²) in [5.41, 5.74) is 1.39. The lowest BCUT2D eigenvalue weighted by Gasteiger charge is -2.09. The zero-order chi connectivity index (χ0) is 15.6. The van der Waals surface area contributed by atoms with Crippen molar-refractivity contribution in [2.45, 2.75) is 0 Å². The highest BCUT2D eigenvalue weighted by atomic mass is 16.3. The van der Waals surface area contributed by atoms with Gasteiger partial charge in [0.2, 0.25) is 0 Å². The first-order valence-corrected chi connectivity index (χ1v) is 7.19. The van der Waals surface area contributed by atoms with Crippen LogP contribution in [0.15, 0.2) is 77.7 Å². The van der Waals surface area contributed by atoms with E-state index < -0.39 is 0 Å². The molecule has 4 rings (SSSR count). The van der Waals surface area contributed by atoms with Gasteiger partial charge in [-0.15, -0.1) is 0 Å². The van der Waals surface area contributed by atoms with Gasteiger partial charge in [-0.3, -0.25) is 4.79 Å². The number of fused-ring (bicyclic) bond motifs is 1. The Morgan fingerprint density at radius 2 is 1.87 bits per heavy atom. The van der Waals surface area contributed by atoms with Crippen LogP contribution in [0.1, 0.15) is 10.6 Å². The quantitative estimate of drug-likeness (QED) is 0.625. The average Bonchev–Trinajstić information content (AvgIpc) is 3.28. The van der Waals surface area contributed by atoms with Crippen LogP contribution in [0.4, 0.5) is 5.69 Å². The topological polar surface area (TPSA) is 60.1 Å². The first-order chi connectivity index (χ1) is 11.3. The number of nitrogens with one attached hydrogen (secondary N) is 1. The van der Waals surface area contributed by atoms with Crippen molar-refractivity contribution in [3.05, 3.63) is 79.0 Å². The Morgan fingerprint density at radius 3 is 2.65 bits per heavy atom. The Hall–Kier alpha value is -3.34. The predicted octanol–water partition coefficient (Wildman–Crippen LogP) is 3.87. The standard InChI is InChI=1S/C18H13N3O2/c22-18(15-7-4-12-23-15)19-14-6-3-5-13-8-9-16(20-17(13)14)21-10-1-2-11-21/h1-12H,(H,19,22). The lowest BCUT2D eigenvalue weighted by atomic mass is 10.2. The number of rotatable bonds is 3. The van der Waals surface area contributed by atoms with Crippen molar-refractivity contribution >= 4 is 22.5 Å². The second kappa shape index (κ2) is 5.46. The normalized spacial score (nSPS) is 10.8. The number of hydrogen-bond acceptors (Lipinski definition) is 3. The molecule has 5 heteroatoms. The highest BCUT2D eigenvalue weighted by molar-refractivity contribution is 6.06. The minimum atomic E-state index is -0.296. The molecule has 1 aromatic carbocycles. The van der Waals surface area contributed by atoms with Gasteiger partial charge in [0.05, 0.1) is 17.5 Å². The van der Waals surface area contributed by atoms with Crippen molar-refractivity contribution < 1.29 is 9.21 Å². The van der Waals surface area contributed by atoms with E-state index in [2.05, 4.69) is 10.3 Å². The summed E-state index contributed by atoms with van der Waals surface area (Å²) < 4.78 is 7.05. The highest BCUT2D eigenvalue weighted by Crippen LogP contribution is 2.23. The number of carbonyl (C=O) groups excluding carboxylic acids is 1. The summed E-state index contributed by atoms with van der Waals surface area (Å²) in [6.45, 7) is 0. The Bertz CT molecular complexity index is 957. The maximum absolute atomic E-state index is 12.2. The van der Waals surface area contributed by atoms with Crippen molar-refractivity contribution in [3.63, 3.8) is 0 Å². The number of pyridine rings is 1. The second-order valence-electron chi connectivity index (χ2n) is 5.07. The number of aromatic nitrogens is 2. The van der Waals surface area contributed by atoms with E-state index in [0.29, 0.717) is 5.69 Å². The molecule has 0 saturated carbocycles. The smallest absolute Gasteiger partial charge is 0.291 e. The monoisotopic (exact) mass is 303 g/mol. The van der Waals surface area contributed by atoms with Gasteiger partial charge in [-0.25, -0.2) is 4.98 Å². The summed E-state index contributed by atoms with van der Waals surface area (Å²) in [7, 11) is 0. The van der Waals surface area contributed by atoms with Crippen LogP contribution in [0.2, 0.25) is 0 Å². The van der Waals surface area contributed by atoms with E-state index in [0.717, 1.165) is 16.7 Å². The molecule has 0 aliphatic carbocycles. The molecule has 0 aliphatic rings. The van der Waals surface area contributed by atoms with Gasteiger partial charge in [0, 0.05) is 17.8 Å². The number of nitrogens with zero attached hydrogens (tertiary/aromatic N) is 2. The third-order valence-corrected chi connectivity index (χ3v) is 3.57. The Kier molecular flexibility index (Phi) is 3.16. The van der Waals surface area contributed by atoms with E-state index in [4.69, 9.17) is 4.42 Å². The summed E-state index contributed by atoms with van der Waals surface area (Å²) in [6, 6.07) is 16.8. The van der Waals surface area contributed by atoms with Gasteiger partial charge < -0.3 is 14.3 Å². The van der Waals surface area contributed by atoms with Gasteiger partial charge in [0.25, 0.3) is 5.91 Å². The lowest BCUT2D eigenvalue weighted by molar-refractivity contribution is 0.0997. The third-order valence-electron chi connectivity index (χ3n) is 3.57. The summed E-state index contributed by atoms with van der Waals surface area (Å²) in [4.78, 5) is 16.9. The van der Waals surface area contributed by atoms with Gasteiger partial charge in [-0.1, -0.05) is 12.1 Å². The van der Waals surface area contributed by atoms with Crippen molar-refractivity contribution in [3.8, 4) is 5.82 Å². The van der Waals surface area contributed by atoms with Crippen molar-refractivity contribution in [1.29, 1.82) is 0 Å². The molecule has 4 aromatic rings. The fraction of sp³-hybridized carbons (Fsp3) is 0. The summed E-state index contributed by atoms with van der Waals surface area (Å²) in [5.74, 6) is 0.765. The zero-order valence-corrected chi connectivity index (χ0v) is 12.1. The number of benzene rings is 1. The Morgan fingerprint density at radius 1 is 1.00 bits per heavy atom. The van der Waals surface area contributed by atoms with Crippen molar-refractivity contribution in [2.24, 2.45) is 0 Å². The molecule has 112 valence electrons. The van der Waals surface area contributed by atoms with E-state index in [1.807, 2.05) is 59.4 Å². The van der Waals surface area contributed by atoms with E-state index in [-0.39, 0.29) is 11.7 Å². The maximum atomic E-state index is 12.2. The maximum Gasteiger partial charge on any atom is 0.291 e. The van der Waals surface area contributed by atoms with Crippen LogP contribution in [0.25, 0.3) is 16.7 Å². The Balaban J connectivity index is 1.77. The molecule has 23 heavy (non-hydrogen) atoms. The summed E-state index contributed by atoms with van der Waals surface area (Å²) in [5, 5.41) is 3.81. The van der Waals surface area contributed by atoms with Gasteiger partial charge >= 0.3 is 0 Å². The second-order valence-corrected chi connectivity index (χ2v) is 5.07. The molecule has 0 atom stereocenters. The molecule has 0 bridgehead atoms. The number of amides is 1. The SMILES string of the molecule is O=C(Nc1cccc2ccc(-n3cccc3)nc12)c1ccco1. The van der Waals surface area contributed by atoms with E-state index in [1.165, 1.54) is 6.26 Å². The summed E-state index contributed by atoms with van der Waals surface area (Å²) >= 11 is 0. The van der Waals surface area contributed by atoms with E-state index in [1.54, 1.807) is 12.1 Å². The molecular formula is C18H13N3O2. The molecule has 0 unspecified atom stereocenters. The molecular weight excluding hydrogens is 290 g/mol. The average molecular weight is 303 g/mol. The van der Waals surface area contributed by atoms with Crippen molar-refractivity contribution in [2.75, 3.05) is 5.32 Å². The lowest BCUT2D eigenvalue weighted by Crippen LogP contribution is -2.11. The predicted molar refractivity (Wildman–Crippen MR) is 87.7 cm³/mol. The molecule has 0 radical (unpaired) electrons. The van der Waals surface area contributed by atoms with Gasteiger partial charge in [0.1, 0.15) is 5.82 Å². The fourth-order valence-electron chi connectivity index (χ4n) is 2.46. The molecule has 1 N–H and O–H groups in total.